The Labute approximate surface area is 175 Å². The molecule has 0 bridgehead atoms. The summed E-state index contributed by atoms with van der Waals surface area (Å²) < 4.78 is 10.2. The highest BCUT2D eigenvalue weighted by atomic mass is 32.1. The van der Waals surface area contributed by atoms with Crippen molar-refractivity contribution in [2.45, 2.75) is 13.0 Å². The Balaban J connectivity index is 1.51. The average molecular weight is 427 g/mol. The lowest BCUT2D eigenvalue weighted by atomic mass is 10.2. The van der Waals surface area contributed by atoms with Crippen LogP contribution in [0.3, 0.4) is 0 Å². The number of nitrogens with one attached hydrogen (secondary N) is 1. The maximum absolute atomic E-state index is 12.3. The van der Waals surface area contributed by atoms with Crippen LogP contribution < -0.4 is 10.1 Å². The fourth-order valence-corrected chi connectivity index (χ4v) is 3.15. The number of nitro groups is 1. The average Bonchev–Trinajstić information content (AvgIpc) is 3.21. The third kappa shape index (κ3) is 5.39. The highest BCUT2D eigenvalue weighted by Crippen LogP contribution is 2.26. The Morgan fingerprint density at radius 2 is 1.87 bits per heavy atom. The molecule has 1 N–H and O–H groups in total. The van der Waals surface area contributed by atoms with Gasteiger partial charge in [-0.1, -0.05) is 42.5 Å². The summed E-state index contributed by atoms with van der Waals surface area (Å²) in [5.74, 6) is -1.45. The second kappa shape index (κ2) is 9.61. The quantitative estimate of drug-likeness (QED) is 0.331. The molecule has 1 unspecified atom stereocenters. The molecule has 154 valence electrons. The molecule has 0 aliphatic rings. The number of nitro benzene ring substituents is 1. The van der Waals surface area contributed by atoms with Gasteiger partial charge in [-0.25, -0.2) is 9.78 Å². The minimum atomic E-state index is -1.10. The number of thiazole rings is 1. The van der Waals surface area contributed by atoms with Crippen molar-refractivity contribution in [2.24, 2.45) is 0 Å². The molecule has 1 aromatic heterocycles. The summed E-state index contributed by atoms with van der Waals surface area (Å²) >= 11 is 1.25. The van der Waals surface area contributed by atoms with Crippen molar-refractivity contribution in [1.29, 1.82) is 0 Å². The smallest absolute Gasteiger partial charge is 0.344 e. The van der Waals surface area contributed by atoms with Crippen molar-refractivity contribution in [3.63, 3.8) is 0 Å². The summed E-state index contributed by atoms with van der Waals surface area (Å²) in [5.41, 5.74) is 1.37. The molecule has 3 rings (SSSR count). The fourth-order valence-electron chi connectivity index (χ4n) is 2.43. The van der Waals surface area contributed by atoms with Gasteiger partial charge >= 0.3 is 11.7 Å². The maximum Gasteiger partial charge on any atom is 0.344 e. The van der Waals surface area contributed by atoms with Gasteiger partial charge in [-0.15, -0.1) is 11.3 Å². The van der Waals surface area contributed by atoms with E-state index in [9.17, 15) is 19.7 Å². The number of aromatic nitrogens is 1. The molecule has 1 heterocycles. The van der Waals surface area contributed by atoms with Gasteiger partial charge in [0.05, 0.1) is 10.6 Å². The van der Waals surface area contributed by atoms with Crippen LogP contribution in [0.15, 0.2) is 60.0 Å². The zero-order valence-electron chi connectivity index (χ0n) is 15.8. The molecule has 0 fully saturated rings. The molecule has 30 heavy (non-hydrogen) atoms. The van der Waals surface area contributed by atoms with Gasteiger partial charge in [-0.05, 0) is 13.0 Å². The van der Waals surface area contributed by atoms with E-state index >= 15 is 0 Å². The van der Waals surface area contributed by atoms with E-state index in [4.69, 9.17) is 9.47 Å². The van der Waals surface area contributed by atoms with Crippen LogP contribution >= 0.6 is 11.3 Å². The van der Waals surface area contributed by atoms with Gasteiger partial charge in [-0.2, -0.15) is 0 Å². The Kier molecular flexibility index (Phi) is 6.71. The van der Waals surface area contributed by atoms with Crippen LogP contribution in [0.5, 0.6) is 5.75 Å². The molecule has 2 aromatic carbocycles. The summed E-state index contributed by atoms with van der Waals surface area (Å²) in [6, 6.07) is 15.1. The van der Waals surface area contributed by atoms with E-state index in [1.165, 1.54) is 36.5 Å². The van der Waals surface area contributed by atoms with Gasteiger partial charge in [0, 0.05) is 17.0 Å². The summed E-state index contributed by atoms with van der Waals surface area (Å²) in [7, 11) is 0. The predicted octanol–water partition coefficient (Wildman–Crippen LogP) is 3.67. The van der Waals surface area contributed by atoms with E-state index in [1.54, 1.807) is 6.07 Å². The molecule has 1 amide bonds. The second-order valence-electron chi connectivity index (χ2n) is 6.04. The standard InChI is InChI=1S/C20H17N3O6S/c1-13(29-18(24)11-28-17-10-6-5-9-16(17)23(26)27)19(25)22-20-21-15(12-30-20)14-7-3-2-4-8-14/h2-10,12-13H,11H2,1H3,(H,21,22,25). The number of carbonyl (C=O) groups is 2. The van der Waals surface area contributed by atoms with E-state index in [0.717, 1.165) is 11.3 Å². The number of hydrogen-bond acceptors (Lipinski definition) is 8. The van der Waals surface area contributed by atoms with Crippen LogP contribution in [-0.2, 0) is 14.3 Å². The molecule has 10 heteroatoms. The molecule has 0 aliphatic carbocycles. The molecule has 1 atom stereocenters. The Morgan fingerprint density at radius 3 is 2.60 bits per heavy atom. The third-order valence-electron chi connectivity index (χ3n) is 3.89. The van der Waals surface area contributed by atoms with Crippen molar-refractivity contribution < 1.29 is 24.0 Å². The molecular formula is C20H17N3O6S. The van der Waals surface area contributed by atoms with Crippen molar-refractivity contribution >= 4 is 34.0 Å². The molecule has 0 saturated heterocycles. The van der Waals surface area contributed by atoms with Crippen LogP contribution in [0.2, 0.25) is 0 Å². The minimum Gasteiger partial charge on any atom is -0.475 e. The SMILES string of the molecule is CC(OC(=O)COc1ccccc1[N+](=O)[O-])C(=O)Nc1nc(-c2ccccc2)cs1. The molecule has 0 saturated carbocycles. The summed E-state index contributed by atoms with van der Waals surface area (Å²) in [6.45, 7) is 0.835. The van der Waals surface area contributed by atoms with Gasteiger partial charge in [0.1, 0.15) is 0 Å². The van der Waals surface area contributed by atoms with Gasteiger partial charge in [0.25, 0.3) is 5.91 Å². The molecule has 0 aliphatic heterocycles. The number of anilines is 1. The summed E-state index contributed by atoms with van der Waals surface area (Å²) in [6.07, 6.45) is -1.10. The predicted molar refractivity (Wildman–Crippen MR) is 110 cm³/mol. The maximum atomic E-state index is 12.3. The largest absolute Gasteiger partial charge is 0.475 e. The molecule has 0 spiro atoms. The topological polar surface area (TPSA) is 121 Å². The summed E-state index contributed by atoms with van der Waals surface area (Å²) in [4.78, 5) is 38.9. The van der Waals surface area contributed by atoms with Gasteiger partial charge in [0.15, 0.2) is 23.6 Å². The molecule has 3 aromatic rings. The van der Waals surface area contributed by atoms with E-state index in [-0.39, 0.29) is 11.4 Å². The first-order valence-corrected chi connectivity index (χ1v) is 9.69. The number of ether oxygens (including phenoxy) is 2. The van der Waals surface area contributed by atoms with E-state index < -0.39 is 29.5 Å². The first-order chi connectivity index (χ1) is 14.4. The molecular weight excluding hydrogens is 410 g/mol. The monoisotopic (exact) mass is 427 g/mol. The first kappa shape index (κ1) is 20.9. The van der Waals surface area contributed by atoms with Crippen LogP contribution in [0.4, 0.5) is 10.8 Å². The molecule has 0 radical (unpaired) electrons. The van der Waals surface area contributed by atoms with Crippen LogP contribution in [0.1, 0.15) is 6.92 Å². The van der Waals surface area contributed by atoms with Crippen LogP contribution in [-0.4, -0.2) is 34.5 Å². The first-order valence-electron chi connectivity index (χ1n) is 8.81. The van der Waals surface area contributed by atoms with Crippen molar-refractivity contribution in [3.8, 4) is 17.0 Å². The third-order valence-corrected chi connectivity index (χ3v) is 4.65. The van der Waals surface area contributed by atoms with Crippen molar-refractivity contribution in [3.05, 3.63) is 70.1 Å². The number of benzene rings is 2. The van der Waals surface area contributed by atoms with E-state index in [2.05, 4.69) is 10.3 Å². The number of para-hydroxylation sites is 2. The number of carbonyl (C=O) groups excluding carboxylic acids is 2. The summed E-state index contributed by atoms with van der Waals surface area (Å²) in [5, 5.41) is 15.7. The van der Waals surface area contributed by atoms with Crippen molar-refractivity contribution in [1.82, 2.24) is 4.98 Å². The number of amides is 1. The van der Waals surface area contributed by atoms with Gasteiger partial charge < -0.3 is 9.47 Å². The lowest BCUT2D eigenvalue weighted by Gasteiger charge is -2.12. The van der Waals surface area contributed by atoms with Crippen molar-refractivity contribution in [2.75, 3.05) is 11.9 Å². The number of nitrogens with zero attached hydrogens (tertiary/aromatic N) is 2. The highest BCUT2D eigenvalue weighted by molar-refractivity contribution is 7.14. The second-order valence-corrected chi connectivity index (χ2v) is 6.90. The lowest BCUT2D eigenvalue weighted by Crippen LogP contribution is -2.31. The zero-order valence-corrected chi connectivity index (χ0v) is 16.6. The minimum absolute atomic E-state index is 0.0622. The number of hydrogen-bond donors (Lipinski definition) is 1. The van der Waals surface area contributed by atoms with E-state index in [0.29, 0.717) is 5.13 Å². The highest BCUT2D eigenvalue weighted by Gasteiger charge is 2.21. The normalized spacial score (nSPS) is 11.4. The molecule has 9 nitrogen and oxygen atoms in total. The Bertz CT molecular complexity index is 1050. The number of esters is 1. The van der Waals surface area contributed by atoms with E-state index in [1.807, 2.05) is 35.7 Å². The zero-order chi connectivity index (χ0) is 21.5. The number of rotatable bonds is 8. The van der Waals surface area contributed by atoms with Crippen LogP contribution in [0.25, 0.3) is 11.3 Å². The lowest BCUT2D eigenvalue weighted by molar-refractivity contribution is -0.385. The van der Waals surface area contributed by atoms with Gasteiger partial charge in [-0.3, -0.25) is 20.2 Å². The Morgan fingerprint density at radius 1 is 1.17 bits per heavy atom. The van der Waals surface area contributed by atoms with Crippen LogP contribution in [0, 0.1) is 10.1 Å². The Hall–Kier alpha value is -3.79. The van der Waals surface area contributed by atoms with Gasteiger partial charge in [0.2, 0.25) is 0 Å². The fraction of sp³-hybridized carbons (Fsp3) is 0.150.